The van der Waals surface area contributed by atoms with E-state index in [4.69, 9.17) is 5.73 Å². The van der Waals surface area contributed by atoms with E-state index in [1.54, 1.807) is 39.2 Å². The summed E-state index contributed by atoms with van der Waals surface area (Å²) < 4.78 is 0. The van der Waals surface area contributed by atoms with Crippen LogP contribution in [0, 0.1) is 17.8 Å². The minimum Gasteiger partial charge on any atom is -0.508 e. The Morgan fingerprint density at radius 3 is 2.40 bits per heavy atom. The van der Waals surface area contributed by atoms with E-state index in [9.17, 15) is 39.6 Å². The zero-order chi connectivity index (χ0) is 33.3. The standard InChI is InChI=1S/C32H43N5O8/c1-14(2)13-37-9-7-8-19(37)31(44)34-18-12-20(35(3)4)16-10-15-11-17-24(36(5)6)27(40)23(30(33)43)29(42)32(17,45)28(41)21(15)26(39)22(16)25(18)38/h12,14-15,17,19,24,38-39,42,45H,7-11,13H2,1-6H3,(H2,33,43)(H,34,44)/t15-,17-,19?,24-,32-/m0/s1. The normalized spacial score (nSPS) is 28.4. The van der Waals surface area contributed by atoms with E-state index >= 15 is 0 Å². The fourth-order valence-electron chi connectivity index (χ4n) is 7.81. The van der Waals surface area contributed by atoms with Crippen LogP contribution < -0.4 is 16.0 Å². The lowest BCUT2D eigenvalue weighted by molar-refractivity contribution is -0.153. The molecule has 7 N–H and O–H groups in total. The van der Waals surface area contributed by atoms with Gasteiger partial charge in [0, 0.05) is 37.8 Å². The number of benzene rings is 1. The number of Topliss-reactive ketones (excluding diaryl/α,β-unsaturated/α-hetero) is 2. The minimum atomic E-state index is -2.72. The van der Waals surface area contributed by atoms with Crippen LogP contribution in [0.3, 0.4) is 0 Å². The average molecular weight is 626 g/mol. The van der Waals surface area contributed by atoms with Crippen LogP contribution in [0.1, 0.15) is 44.2 Å². The van der Waals surface area contributed by atoms with Crippen LogP contribution in [0.25, 0.3) is 5.76 Å². The molecule has 5 atom stereocenters. The lowest BCUT2D eigenvalue weighted by Crippen LogP contribution is -2.65. The number of ketones is 2. The van der Waals surface area contributed by atoms with Gasteiger partial charge in [-0.1, -0.05) is 13.8 Å². The van der Waals surface area contributed by atoms with Crippen molar-refractivity contribution in [1.82, 2.24) is 9.80 Å². The van der Waals surface area contributed by atoms with Gasteiger partial charge in [0.1, 0.15) is 22.8 Å². The molecule has 4 aliphatic rings. The van der Waals surface area contributed by atoms with Gasteiger partial charge in [-0.2, -0.15) is 0 Å². The smallest absolute Gasteiger partial charge is 0.255 e. The Balaban J connectivity index is 1.63. The molecule has 0 radical (unpaired) electrons. The van der Waals surface area contributed by atoms with Crippen molar-refractivity contribution < 1.29 is 39.6 Å². The summed E-state index contributed by atoms with van der Waals surface area (Å²) in [4.78, 5) is 58.5. The van der Waals surface area contributed by atoms with Gasteiger partial charge in [-0.05, 0) is 69.8 Å². The molecule has 13 heteroatoms. The summed E-state index contributed by atoms with van der Waals surface area (Å²) in [5, 5.41) is 49.0. The number of anilines is 2. The number of amides is 2. The van der Waals surface area contributed by atoms with Crippen molar-refractivity contribution in [3.63, 3.8) is 0 Å². The first-order valence-corrected chi connectivity index (χ1v) is 15.3. The largest absolute Gasteiger partial charge is 0.508 e. The molecule has 5 rings (SSSR count). The molecule has 1 heterocycles. The van der Waals surface area contributed by atoms with Gasteiger partial charge >= 0.3 is 0 Å². The zero-order valence-electron chi connectivity index (χ0n) is 26.5. The number of nitrogens with one attached hydrogen (secondary N) is 1. The SMILES string of the molecule is CC(C)CN1CCCC1C(=O)Nc1cc(N(C)C)c2c(c1O)C(O)=C1C(=O)[C@]3(O)C(O)=C(C(N)=O)C(=O)[C@@H](N(C)C)[C@@H]3C[C@@H]1C2. The van der Waals surface area contributed by atoms with E-state index in [1.165, 1.54) is 4.90 Å². The predicted octanol–water partition coefficient (Wildman–Crippen LogP) is 1.09. The number of likely N-dealkylation sites (N-methyl/N-ethyl adjacent to an activating group) is 1. The number of rotatable bonds is 7. The first-order valence-electron chi connectivity index (χ1n) is 15.3. The third kappa shape index (κ3) is 4.97. The van der Waals surface area contributed by atoms with Crippen molar-refractivity contribution in [3.8, 4) is 5.75 Å². The number of primary amides is 1. The molecule has 0 spiro atoms. The molecule has 1 unspecified atom stereocenters. The molecule has 0 bridgehead atoms. The molecule has 3 aliphatic carbocycles. The third-order valence-corrected chi connectivity index (χ3v) is 9.70. The number of nitrogens with two attached hydrogens (primary N) is 1. The Morgan fingerprint density at radius 1 is 1.16 bits per heavy atom. The molecule has 0 aromatic heterocycles. The Kier molecular flexibility index (Phi) is 8.26. The van der Waals surface area contributed by atoms with Crippen molar-refractivity contribution in [2.24, 2.45) is 23.5 Å². The maximum atomic E-state index is 14.2. The summed E-state index contributed by atoms with van der Waals surface area (Å²) in [5.41, 5.74) is 2.66. The second-order valence-corrected chi connectivity index (χ2v) is 13.5. The van der Waals surface area contributed by atoms with Gasteiger partial charge in [0.05, 0.1) is 23.3 Å². The fourth-order valence-corrected chi connectivity index (χ4v) is 7.81. The molecule has 13 nitrogen and oxygen atoms in total. The highest BCUT2D eigenvalue weighted by Gasteiger charge is 2.64. The predicted molar refractivity (Wildman–Crippen MR) is 167 cm³/mol. The molecular weight excluding hydrogens is 582 g/mol. The maximum absolute atomic E-state index is 14.2. The third-order valence-electron chi connectivity index (χ3n) is 9.70. The van der Waals surface area contributed by atoms with Gasteiger partial charge in [0.15, 0.2) is 11.4 Å². The highest BCUT2D eigenvalue weighted by Crippen LogP contribution is 2.54. The van der Waals surface area contributed by atoms with Crippen LogP contribution >= 0.6 is 0 Å². The lowest BCUT2D eigenvalue weighted by atomic mass is 9.57. The van der Waals surface area contributed by atoms with E-state index in [2.05, 4.69) is 24.1 Å². The van der Waals surface area contributed by atoms with Gasteiger partial charge in [-0.15, -0.1) is 0 Å². The lowest BCUT2D eigenvalue weighted by Gasteiger charge is -2.50. The summed E-state index contributed by atoms with van der Waals surface area (Å²) in [6.07, 6.45) is 1.67. The Morgan fingerprint density at radius 2 is 1.82 bits per heavy atom. The molecule has 1 aliphatic heterocycles. The van der Waals surface area contributed by atoms with Gasteiger partial charge in [-0.3, -0.25) is 29.0 Å². The van der Waals surface area contributed by atoms with E-state index in [0.29, 0.717) is 23.6 Å². The molecular formula is C32H43N5O8. The quantitative estimate of drug-likeness (QED) is 0.187. The van der Waals surface area contributed by atoms with E-state index in [1.807, 2.05) is 0 Å². The maximum Gasteiger partial charge on any atom is 0.255 e. The van der Waals surface area contributed by atoms with Crippen LogP contribution in [-0.4, -0.2) is 113 Å². The highest BCUT2D eigenvalue weighted by molar-refractivity contribution is 6.24. The molecule has 244 valence electrons. The number of aromatic hydroxyl groups is 1. The second-order valence-electron chi connectivity index (χ2n) is 13.5. The van der Waals surface area contributed by atoms with Crippen LogP contribution in [0.5, 0.6) is 5.75 Å². The summed E-state index contributed by atoms with van der Waals surface area (Å²) in [6, 6.07) is 0.0848. The molecule has 1 saturated heterocycles. The number of likely N-dealkylation sites (tertiary alicyclic amines) is 1. The molecule has 1 aromatic rings. The van der Waals surface area contributed by atoms with Crippen molar-refractivity contribution in [2.75, 3.05) is 51.5 Å². The molecule has 1 saturated carbocycles. The minimum absolute atomic E-state index is 0.00868. The molecule has 1 aromatic carbocycles. The van der Waals surface area contributed by atoms with Crippen LogP contribution in [0.4, 0.5) is 11.4 Å². The van der Waals surface area contributed by atoms with E-state index in [0.717, 1.165) is 19.5 Å². The van der Waals surface area contributed by atoms with Crippen LogP contribution in [0.15, 0.2) is 23.0 Å². The van der Waals surface area contributed by atoms with Gasteiger partial charge in [0.25, 0.3) is 5.91 Å². The summed E-state index contributed by atoms with van der Waals surface area (Å²) in [5.74, 6) is -7.16. The second kappa shape index (κ2) is 11.5. The van der Waals surface area contributed by atoms with Gasteiger partial charge < -0.3 is 36.4 Å². The summed E-state index contributed by atoms with van der Waals surface area (Å²) in [7, 11) is 6.66. The van der Waals surface area contributed by atoms with E-state index < -0.39 is 63.8 Å². The Labute approximate surface area is 262 Å². The van der Waals surface area contributed by atoms with Crippen LogP contribution in [-0.2, 0) is 25.6 Å². The van der Waals surface area contributed by atoms with Crippen molar-refractivity contribution >= 4 is 40.5 Å². The van der Waals surface area contributed by atoms with E-state index in [-0.39, 0.29) is 41.6 Å². The van der Waals surface area contributed by atoms with Crippen molar-refractivity contribution in [3.05, 3.63) is 34.1 Å². The van der Waals surface area contributed by atoms with Crippen molar-refractivity contribution in [2.45, 2.75) is 57.2 Å². The summed E-state index contributed by atoms with van der Waals surface area (Å²) >= 11 is 0. The van der Waals surface area contributed by atoms with Crippen molar-refractivity contribution in [1.29, 1.82) is 0 Å². The first-order chi connectivity index (χ1) is 21.0. The Bertz CT molecular complexity index is 1550. The highest BCUT2D eigenvalue weighted by atomic mass is 16.3. The number of nitrogens with zero attached hydrogens (tertiary/aromatic N) is 3. The number of aliphatic hydroxyl groups excluding tert-OH is 2. The molecule has 2 fully saturated rings. The number of phenols is 1. The number of carbonyl (C=O) groups excluding carboxylic acids is 4. The number of hydrogen-bond donors (Lipinski definition) is 6. The monoisotopic (exact) mass is 625 g/mol. The zero-order valence-corrected chi connectivity index (χ0v) is 26.5. The number of hydrogen-bond acceptors (Lipinski definition) is 11. The van der Waals surface area contributed by atoms with Gasteiger partial charge in [0.2, 0.25) is 11.7 Å². The number of carbonyl (C=O) groups is 4. The fraction of sp³-hybridized carbons (Fsp3) is 0.562. The summed E-state index contributed by atoms with van der Waals surface area (Å²) in [6.45, 7) is 5.69. The van der Waals surface area contributed by atoms with Crippen LogP contribution in [0.2, 0.25) is 0 Å². The average Bonchev–Trinajstić information content (AvgIpc) is 3.39. The molecule has 2 amide bonds. The topological polar surface area (TPSA) is 197 Å². The number of aliphatic hydroxyl groups is 3. The number of phenolic OH excluding ortho intramolecular Hbond substituents is 1. The Hall–Kier alpha value is -3.94. The first kappa shape index (κ1) is 32.5. The number of fused-ring (bicyclic) bond motifs is 3. The van der Waals surface area contributed by atoms with Gasteiger partial charge in [-0.25, -0.2) is 0 Å². The molecule has 45 heavy (non-hydrogen) atoms.